The van der Waals surface area contributed by atoms with Crippen LogP contribution in [-0.4, -0.2) is 40.3 Å². The highest BCUT2D eigenvalue weighted by Gasteiger charge is 2.69. The lowest BCUT2D eigenvalue weighted by Crippen LogP contribution is -2.72. The lowest BCUT2D eigenvalue weighted by Gasteiger charge is -2.55. The van der Waals surface area contributed by atoms with E-state index in [0.29, 0.717) is 24.5 Å². The Bertz CT molecular complexity index is 792. The average Bonchev–Trinajstić information content (AvgIpc) is 3.35. The normalized spacial score (nSPS) is 36.7. The highest BCUT2D eigenvalue weighted by atomic mass is 35.5. The Labute approximate surface area is 158 Å². The molecule has 26 heavy (non-hydrogen) atoms. The molecule has 0 aromatic heterocycles. The Hall–Kier alpha value is -1.56. The van der Waals surface area contributed by atoms with Gasteiger partial charge < -0.3 is 20.3 Å². The number of Topliss-reactive ketones (excluding diaryl/α,β-unsaturated/α-hetero) is 1. The summed E-state index contributed by atoms with van der Waals surface area (Å²) in [7, 11) is 0. The molecule has 4 atom stereocenters. The predicted octanol–water partition coefficient (Wildman–Crippen LogP) is 2.02. The van der Waals surface area contributed by atoms with Gasteiger partial charge in [-0.15, -0.1) is 19.0 Å². The zero-order valence-electron chi connectivity index (χ0n) is 14.5. The minimum absolute atomic E-state index is 0. The predicted molar refractivity (Wildman–Crippen MR) is 99.1 cm³/mol. The minimum atomic E-state index is -1.14. The smallest absolute Gasteiger partial charge is 0.174 e. The SMILES string of the molecule is C=C[C@]12c3c4ccc(O)c3O[C@H]1C(=O)CC[C@@]2(O)[C@H](NCC1CC1)C4.Cl. The molecule has 0 radical (unpaired) electrons. The van der Waals surface area contributed by atoms with Crippen LogP contribution >= 0.6 is 12.4 Å². The van der Waals surface area contributed by atoms with Gasteiger partial charge in [0.2, 0.25) is 0 Å². The van der Waals surface area contributed by atoms with E-state index in [1.807, 2.05) is 6.07 Å². The molecular weight excluding hydrogens is 354 g/mol. The molecule has 5 rings (SSSR count). The first kappa shape index (κ1) is 17.8. The summed E-state index contributed by atoms with van der Waals surface area (Å²) in [5.41, 5.74) is -0.366. The van der Waals surface area contributed by atoms with Crippen LogP contribution in [0.5, 0.6) is 11.5 Å². The van der Waals surface area contributed by atoms with Gasteiger partial charge in [0.1, 0.15) is 0 Å². The van der Waals surface area contributed by atoms with Crippen molar-refractivity contribution in [2.24, 2.45) is 5.92 Å². The molecule has 0 bridgehead atoms. The number of aliphatic hydroxyl groups is 1. The largest absolute Gasteiger partial charge is 0.504 e. The quantitative estimate of drug-likeness (QED) is 0.700. The topological polar surface area (TPSA) is 78.8 Å². The number of hydrogen-bond acceptors (Lipinski definition) is 5. The number of phenolic OH excluding ortho intramolecular Hbond substituents is 1. The minimum Gasteiger partial charge on any atom is -0.504 e. The standard InChI is InChI=1S/C20H23NO4.ClH/c1-2-19-16-12-5-6-13(22)17(16)25-18(19)14(23)7-8-20(19,24)15(9-12)21-10-11-3-4-11;/h2,5-6,11,15,18,21-22,24H,1,3-4,7-10H2;1H/t15-,18+,19+,20-;/m1./s1. The molecule has 1 aliphatic heterocycles. The second kappa shape index (κ2) is 5.72. The van der Waals surface area contributed by atoms with Crippen LogP contribution in [0.1, 0.15) is 36.8 Å². The molecule has 0 unspecified atom stereocenters. The Balaban J connectivity index is 0.00000168. The third kappa shape index (κ3) is 2.02. The Morgan fingerprint density at radius 1 is 1.38 bits per heavy atom. The van der Waals surface area contributed by atoms with Gasteiger partial charge in [-0.2, -0.15) is 0 Å². The van der Waals surface area contributed by atoms with E-state index in [4.69, 9.17) is 4.74 Å². The number of aromatic hydroxyl groups is 1. The third-order valence-corrected chi connectivity index (χ3v) is 6.72. The van der Waals surface area contributed by atoms with Crippen molar-refractivity contribution in [2.45, 2.75) is 55.3 Å². The van der Waals surface area contributed by atoms with E-state index in [1.54, 1.807) is 12.1 Å². The van der Waals surface area contributed by atoms with Gasteiger partial charge in [0.05, 0.1) is 11.0 Å². The maximum absolute atomic E-state index is 12.6. The van der Waals surface area contributed by atoms with Crippen LogP contribution in [0.25, 0.3) is 0 Å². The number of ether oxygens (including phenoxy) is 1. The van der Waals surface area contributed by atoms with Gasteiger partial charge >= 0.3 is 0 Å². The second-order valence-corrected chi connectivity index (χ2v) is 8.02. The number of hydrogen-bond donors (Lipinski definition) is 3. The number of nitrogens with one attached hydrogen (secondary N) is 1. The van der Waals surface area contributed by atoms with Gasteiger partial charge in [-0.3, -0.25) is 4.79 Å². The van der Waals surface area contributed by atoms with Crippen molar-refractivity contribution in [1.29, 1.82) is 0 Å². The van der Waals surface area contributed by atoms with Crippen LogP contribution in [0.4, 0.5) is 0 Å². The van der Waals surface area contributed by atoms with Crippen LogP contribution in [0.3, 0.4) is 0 Å². The zero-order valence-corrected chi connectivity index (χ0v) is 15.3. The molecule has 2 saturated carbocycles. The van der Waals surface area contributed by atoms with Crippen molar-refractivity contribution in [3.8, 4) is 11.5 Å². The van der Waals surface area contributed by atoms with Crippen molar-refractivity contribution in [2.75, 3.05) is 6.54 Å². The number of phenols is 1. The third-order valence-electron chi connectivity index (χ3n) is 6.72. The Morgan fingerprint density at radius 2 is 2.15 bits per heavy atom. The van der Waals surface area contributed by atoms with E-state index in [1.165, 1.54) is 12.8 Å². The van der Waals surface area contributed by atoms with Crippen molar-refractivity contribution in [1.82, 2.24) is 5.32 Å². The molecule has 0 amide bonds. The van der Waals surface area contributed by atoms with E-state index in [9.17, 15) is 15.0 Å². The van der Waals surface area contributed by atoms with Crippen molar-refractivity contribution in [3.05, 3.63) is 35.9 Å². The summed E-state index contributed by atoms with van der Waals surface area (Å²) in [6, 6.07) is 3.35. The van der Waals surface area contributed by atoms with E-state index in [-0.39, 0.29) is 36.4 Å². The highest BCUT2D eigenvalue weighted by Crippen LogP contribution is 2.61. The first-order valence-electron chi connectivity index (χ1n) is 9.15. The Kier molecular flexibility index (Phi) is 3.92. The van der Waals surface area contributed by atoms with Crippen LogP contribution in [0, 0.1) is 5.92 Å². The summed E-state index contributed by atoms with van der Waals surface area (Å²) < 4.78 is 5.93. The molecule has 6 heteroatoms. The molecular formula is C20H24ClNO4. The lowest BCUT2D eigenvalue weighted by molar-refractivity contribution is -0.150. The van der Waals surface area contributed by atoms with Crippen molar-refractivity contribution < 1.29 is 19.7 Å². The summed E-state index contributed by atoms with van der Waals surface area (Å²) in [6.45, 7) is 4.88. The zero-order chi connectivity index (χ0) is 17.4. The number of benzene rings is 1. The fourth-order valence-corrected chi connectivity index (χ4v) is 5.22. The first-order valence-corrected chi connectivity index (χ1v) is 9.15. The molecule has 4 aliphatic rings. The van der Waals surface area contributed by atoms with E-state index >= 15 is 0 Å². The number of halogens is 1. The summed E-state index contributed by atoms with van der Waals surface area (Å²) >= 11 is 0. The van der Waals surface area contributed by atoms with E-state index in [0.717, 1.165) is 17.7 Å². The molecule has 3 N–H and O–H groups in total. The van der Waals surface area contributed by atoms with E-state index in [2.05, 4.69) is 11.9 Å². The molecule has 5 nitrogen and oxygen atoms in total. The van der Waals surface area contributed by atoms with Gasteiger partial charge in [0.25, 0.3) is 0 Å². The number of rotatable bonds is 4. The summed E-state index contributed by atoms with van der Waals surface area (Å²) in [5, 5.41) is 25.7. The fourth-order valence-electron chi connectivity index (χ4n) is 5.22. The monoisotopic (exact) mass is 377 g/mol. The van der Waals surface area contributed by atoms with Gasteiger partial charge in [0, 0.05) is 18.0 Å². The molecule has 140 valence electrons. The van der Waals surface area contributed by atoms with Gasteiger partial charge in [0.15, 0.2) is 23.4 Å². The maximum atomic E-state index is 12.6. The van der Waals surface area contributed by atoms with Crippen molar-refractivity contribution in [3.63, 3.8) is 0 Å². The van der Waals surface area contributed by atoms with Gasteiger partial charge in [-0.25, -0.2) is 0 Å². The number of carbonyl (C=O) groups excluding carboxylic acids is 1. The van der Waals surface area contributed by atoms with Crippen LogP contribution < -0.4 is 10.1 Å². The summed E-state index contributed by atoms with van der Waals surface area (Å²) in [4.78, 5) is 12.6. The van der Waals surface area contributed by atoms with E-state index < -0.39 is 17.1 Å². The molecule has 2 fully saturated rings. The van der Waals surface area contributed by atoms with Gasteiger partial charge in [-0.1, -0.05) is 12.1 Å². The number of carbonyl (C=O) groups is 1. The Morgan fingerprint density at radius 3 is 2.85 bits per heavy atom. The molecule has 1 heterocycles. The fraction of sp³-hybridized carbons (Fsp3) is 0.550. The second-order valence-electron chi connectivity index (χ2n) is 8.02. The summed E-state index contributed by atoms with van der Waals surface area (Å²) in [6.07, 6.45) is 4.68. The first-order chi connectivity index (χ1) is 12.0. The van der Waals surface area contributed by atoms with Crippen LogP contribution in [0.2, 0.25) is 0 Å². The van der Waals surface area contributed by atoms with Crippen LogP contribution in [0.15, 0.2) is 24.8 Å². The van der Waals surface area contributed by atoms with Crippen LogP contribution in [-0.2, 0) is 16.6 Å². The summed E-state index contributed by atoms with van der Waals surface area (Å²) in [5.74, 6) is 1.03. The molecule has 3 aliphatic carbocycles. The molecule has 1 aromatic carbocycles. The molecule has 0 saturated heterocycles. The molecule has 1 aromatic rings. The molecule has 0 spiro atoms. The van der Waals surface area contributed by atoms with Crippen molar-refractivity contribution >= 4 is 18.2 Å². The number of ketones is 1. The average molecular weight is 378 g/mol. The highest BCUT2D eigenvalue weighted by molar-refractivity contribution is 5.90. The maximum Gasteiger partial charge on any atom is 0.174 e. The van der Waals surface area contributed by atoms with Gasteiger partial charge in [-0.05, 0) is 49.8 Å². The lowest BCUT2D eigenvalue weighted by atomic mass is 9.52.